The lowest BCUT2D eigenvalue weighted by Gasteiger charge is -2.33. The van der Waals surface area contributed by atoms with Gasteiger partial charge in [0.1, 0.15) is 40.7 Å². The molecule has 8 nitrogen and oxygen atoms in total. The molecule has 1 fully saturated rings. The molecule has 2 aromatic heterocycles. The van der Waals surface area contributed by atoms with Crippen LogP contribution in [0.4, 0.5) is 13.6 Å². The zero-order valence-corrected chi connectivity index (χ0v) is 17.5. The number of ether oxygens (including phenoxy) is 2. The summed E-state index contributed by atoms with van der Waals surface area (Å²) in [6.45, 7) is 6.49. The van der Waals surface area contributed by atoms with Crippen molar-refractivity contribution in [2.45, 2.75) is 45.3 Å². The van der Waals surface area contributed by atoms with Crippen molar-refractivity contribution < 1.29 is 23.0 Å². The highest BCUT2D eigenvalue weighted by Crippen LogP contribution is 2.27. The van der Waals surface area contributed by atoms with Crippen molar-refractivity contribution in [1.29, 1.82) is 0 Å². The van der Waals surface area contributed by atoms with E-state index in [1.165, 1.54) is 17.2 Å². The highest BCUT2D eigenvalue weighted by molar-refractivity contribution is 5.81. The molecule has 31 heavy (non-hydrogen) atoms. The molecule has 0 N–H and O–H groups in total. The van der Waals surface area contributed by atoms with Gasteiger partial charge in [-0.05, 0) is 32.9 Å². The van der Waals surface area contributed by atoms with Crippen LogP contribution in [0.25, 0.3) is 16.7 Å². The first-order valence-corrected chi connectivity index (χ1v) is 10.00. The Labute approximate surface area is 177 Å². The van der Waals surface area contributed by atoms with Gasteiger partial charge < -0.3 is 14.4 Å². The minimum Gasteiger partial charge on any atom is -0.474 e. The van der Waals surface area contributed by atoms with Gasteiger partial charge in [0, 0.05) is 32.0 Å². The SMILES string of the molecule is CC(C)(C)OC(=O)N1CCC(Oc2ncnc3c2cnn3-c2cc(F)ccc2F)CC1. The van der Waals surface area contributed by atoms with Crippen molar-refractivity contribution in [2.75, 3.05) is 13.1 Å². The van der Waals surface area contributed by atoms with E-state index in [4.69, 9.17) is 9.47 Å². The summed E-state index contributed by atoms with van der Waals surface area (Å²) in [6.07, 6.45) is 3.47. The fraction of sp³-hybridized carbons (Fsp3) is 0.429. The fourth-order valence-corrected chi connectivity index (χ4v) is 3.38. The van der Waals surface area contributed by atoms with Gasteiger partial charge in [-0.3, -0.25) is 0 Å². The molecule has 10 heteroatoms. The number of fused-ring (bicyclic) bond motifs is 1. The first kappa shape index (κ1) is 21.0. The summed E-state index contributed by atoms with van der Waals surface area (Å²) < 4.78 is 40.5. The third kappa shape index (κ3) is 4.57. The Morgan fingerprint density at radius 3 is 2.61 bits per heavy atom. The van der Waals surface area contributed by atoms with Gasteiger partial charge in [-0.25, -0.2) is 28.2 Å². The van der Waals surface area contributed by atoms with Crippen LogP contribution < -0.4 is 4.74 Å². The Kier molecular flexibility index (Phi) is 5.47. The summed E-state index contributed by atoms with van der Waals surface area (Å²) in [4.78, 5) is 22.2. The number of benzene rings is 1. The summed E-state index contributed by atoms with van der Waals surface area (Å²) in [7, 11) is 0. The number of carbonyl (C=O) groups is 1. The van der Waals surface area contributed by atoms with Crippen LogP contribution in [0.15, 0.2) is 30.7 Å². The maximum Gasteiger partial charge on any atom is 0.410 e. The number of hydrogen-bond donors (Lipinski definition) is 0. The number of carbonyl (C=O) groups excluding carboxylic acids is 1. The Hall–Kier alpha value is -3.30. The number of aromatic nitrogens is 4. The molecule has 164 valence electrons. The molecule has 0 spiro atoms. The van der Waals surface area contributed by atoms with E-state index in [9.17, 15) is 13.6 Å². The summed E-state index contributed by atoms with van der Waals surface area (Å²) >= 11 is 0. The summed E-state index contributed by atoms with van der Waals surface area (Å²) in [5, 5.41) is 4.64. The normalized spacial score (nSPS) is 15.3. The second-order valence-corrected chi connectivity index (χ2v) is 8.35. The molecule has 0 bridgehead atoms. The molecule has 3 heterocycles. The van der Waals surface area contributed by atoms with Gasteiger partial charge in [0.05, 0.1) is 6.20 Å². The second kappa shape index (κ2) is 8.09. The summed E-state index contributed by atoms with van der Waals surface area (Å²) in [6, 6.07) is 3.13. The number of nitrogens with zero attached hydrogens (tertiary/aromatic N) is 5. The number of rotatable bonds is 3. The average Bonchev–Trinajstić information content (AvgIpc) is 3.14. The van der Waals surface area contributed by atoms with Crippen LogP contribution in [0.2, 0.25) is 0 Å². The smallest absolute Gasteiger partial charge is 0.410 e. The molecule has 1 saturated heterocycles. The number of likely N-dealkylation sites (tertiary alicyclic amines) is 1. The van der Waals surface area contributed by atoms with Crippen LogP contribution in [0.3, 0.4) is 0 Å². The van der Waals surface area contributed by atoms with Gasteiger partial charge in [0.2, 0.25) is 5.88 Å². The van der Waals surface area contributed by atoms with Gasteiger partial charge in [0.15, 0.2) is 5.65 Å². The molecule has 0 radical (unpaired) electrons. The van der Waals surface area contributed by atoms with Gasteiger partial charge in [-0.2, -0.15) is 5.10 Å². The molecule has 0 atom stereocenters. The van der Waals surface area contributed by atoms with Crippen LogP contribution in [0.1, 0.15) is 33.6 Å². The van der Waals surface area contributed by atoms with Crippen LogP contribution in [-0.2, 0) is 4.74 Å². The highest BCUT2D eigenvalue weighted by atomic mass is 19.1. The van der Waals surface area contributed by atoms with Gasteiger partial charge >= 0.3 is 6.09 Å². The average molecular weight is 431 g/mol. The highest BCUT2D eigenvalue weighted by Gasteiger charge is 2.28. The van der Waals surface area contributed by atoms with E-state index in [1.54, 1.807) is 4.90 Å². The molecular weight excluding hydrogens is 408 g/mol. The first-order valence-electron chi connectivity index (χ1n) is 10.00. The zero-order chi connectivity index (χ0) is 22.2. The van der Waals surface area contributed by atoms with Crippen molar-refractivity contribution in [3.63, 3.8) is 0 Å². The molecule has 1 aromatic carbocycles. The van der Waals surface area contributed by atoms with Gasteiger partial charge in [0.25, 0.3) is 0 Å². The Balaban J connectivity index is 1.49. The molecule has 1 amide bonds. The molecule has 0 saturated carbocycles. The quantitative estimate of drug-likeness (QED) is 0.626. The minimum atomic E-state index is -0.623. The van der Waals surface area contributed by atoms with Crippen molar-refractivity contribution in [3.05, 3.63) is 42.4 Å². The van der Waals surface area contributed by atoms with Crippen molar-refractivity contribution in [1.82, 2.24) is 24.6 Å². The standard InChI is InChI=1S/C21H23F2N5O3/c1-21(2,3)31-20(29)27-8-6-14(7-9-27)30-19-15-11-26-28(18(15)24-12-25-19)17-10-13(22)4-5-16(17)23/h4-5,10-12,14H,6-9H2,1-3H3. The molecular formula is C21H23F2N5O3. The van der Waals surface area contributed by atoms with E-state index in [2.05, 4.69) is 15.1 Å². The lowest BCUT2D eigenvalue weighted by Crippen LogP contribution is -2.44. The Morgan fingerprint density at radius 1 is 1.16 bits per heavy atom. The Bertz CT molecular complexity index is 1100. The van der Waals surface area contributed by atoms with Gasteiger partial charge in [-0.1, -0.05) is 0 Å². The van der Waals surface area contributed by atoms with E-state index in [0.29, 0.717) is 42.8 Å². The van der Waals surface area contributed by atoms with E-state index in [0.717, 1.165) is 18.2 Å². The number of halogens is 2. The van der Waals surface area contributed by atoms with E-state index in [1.807, 2.05) is 20.8 Å². The van der Waals surface area contributed by atoms with Gasteiger partial charge in [-0.15, -0.1) is 0 Å². The minimum absolute atomic E-state index is 0.0506. The maximum absolute atomic E-state index is 14.2. The monoisotopic (exact) mass is 431 g/mol. The Morgan fingerprint density at radius 2 is 1.90 bits per heavy atom. The third-order valence-corrected chi connectivity index (χ3v) is 4.84. The number of amides is 1. The lowest BCUT2D eigenvalue weighted by atomic mass is 10.1. The first-order chi connectivity index (χ1) is 14.7. The summed E-state index contributed by atoms with van der Waals surface area (Å²) in [5.41, 5.74) is -0.288. The molecule has 4 rings (SSSR count). The van der Waals surface area contributed by atoms with E-state index < -0.39 is 17.2 Å². The fourth-order valence-electron chi connectivity index (χ4n) is 3.38. The molecule has 0 aliphatic carbocycles. The molecule has 1 aliphatic rings. The van der Waals surface area contributed by atoms with Crippen molar-refractivity contribution in [3.8, 4) is 11.6 Å². The molecule has 3 aromatic rings. The van der Waals surface area contributed by atoms with Crippen molar-refractivity contribution in [2.24, 2.45) is 0 Å². The zero-order valence-electron chi connectivity index (χ0n) is 17.5. The third-order valence-electron chi connectivity index (χ3n) is 4.84. The topological polar surface area (TPSA) is 82.4 Å². The largest absolute Gasteiger partial charge is 0.474 e. The maximum atomic E-state index is 14.2. The van der Waals surface area contributed by atoms with Crippen LogP contribution in [0.5, 0.6) is 5.88 Å². The van der Waals surface area contributed by atoms with Crippen LogP contribution in [-0.4, -0.2) is 55.5 Å². The summed E-state index contributed by atoms with van der Waals surface area (Å²) in [5.74, 6) is -0.895. The predicted molar refractivity (Wildman–Crippen MR) is 108 cm³/mol. The number of piperidine rings is 1. The lowest BCUT2D eigenvalue weighted by molar-refractivity contribution is 0.0124. The predicted octanol–water partition coefficient (Wildman–Crippen LogP) is 3.87. The number of hydrogen-bond acceptors (Lipinski definition) is 6. The van der Waals surface area contributed by atoms with Crippen molar-refractivity contribution >= 4 is 17.1 Å². The van der Waals surface area contributed by atoms with Crippen LogP contribution >= 0.6 is 0 Å². The molecule has 0 unspecified atom stereocenters. The van der Waals surface area contributed by atoms with E-state index >= 15 is 0 Å². The second-order valence-electron chi connectivity index (χ2n) is 8.35. The molecule has 1 aliphatic heterocycles. The van der Waals surface area contributed by atoms with Crippen LogP contribution in [0, 0.1) is 11.6 Å². The van der Waals surface area contributed by atoms with E-state index in [-0.39, 0.29) is 17.9 Å².